The van der Waals surface area contributed by atoms with Gasteiger partial charge in [0.1, 0.15) is 67.8 Å². The minimum absolute atomic E-state index is 0.0233. The van der Waals surface area contributed by atoms with Crippen LogP contribution in [0.1, 0.15) is 55.3 Å². The van der Waals surface area contributed by atoms with Crippen molar-refractivity contribution in [2.45, 2.75) is 50.6 Å². The van der Waals surface area contributed by atoms with Gasteiger partial charge in [-0.2, -0.15) is 13.2 Å². The van der Waals surface area contributed by atoms with Crippen LogP contribution in [0, 0.1) is 11.3 Å². The van der Waals surface area contributed by atoms with Crippen LogP contribution in [0.4, 0.5) is 37.8 Å². The number of rotatable bonds is 8. The van der Waals surface area contributed by atoms with E-state index in [0.717, 1.165) is 63.2 Å². The van der Waals surface area contributed by atoms with Crippen LogP contribution in [-0.4, -0.2) is 106 Å². The number of ether oxygens (including phenoxy) is 1. The van der Waals surface area contributed by atoms with Crippen molar-refractivity contribution < 1.29 is 31.1 Å². The van der Waals surface area contributed by atoms with Crippen molar-refractivity contribution in [2.24, 2.45) is 11.3 Å². The van der Waals surface area contributed by atoms with Gasteiger partial charge in [-0.25, -0.2) is 18.2 Å². The van der Waals surface area contributed by atoms with Gasteiger partial charge in [-0.05, 0) is 81.2 Å². The summed E-state index contributed by atoms with van der Waals surface area (Å²) in [7, 11) is 30.1. The Bertz CT molecular complexity index is 1860. The molecular formula is C35H32B5F6N5O. The SMILES string of the molecule is [B]c1c([B])c([B])c(Oc2ccc(/C=C(\F)c3cncc(N4CC(F)(F)C4)n3)c(N3CCCC4(CCN(CC5CC5)CC4)C3)c2C(F)(F)F)c([B])c1[B]. The van der Waals surface area contributed by atoms with Gasteiger partial charge in [-0.3, -0.25) is 4.98 Å². The Kier molecular flexibility index (Phi) is 9.74. The van der Waals surface area contributed by atoms with E-state index in [4.69, 9.17) is 44.0 Å². The molecule has 7 rings (SSSR count). The number of hydrogen-bond acceptors (Lipinski definition) is 6. The standard InChI is InChI=1S/C35H32B5F6N5O/c36-26-27(37)29(39)32(30(40)28(26)38)52-23-5-4-20(12-21(41)22-13-47-14-24(48-22)51-17-34(42,43)18-51)31(25(23)35(44,45)46)50-9-1-6-33(16-50)7-10-49(11-8-33)15-19-2-3-19/h4-5,12-14,19H,1-3,6-11,15-18H2/b21-12-. The molecule has 52 heavy (non-hydrogen) atoms. The minimum Gasteiger partial charge on any atom is -0.458 e. The lowest BCUT2D eigenvalue weighted by atomic mass is 9.62. The lowest BCUT2D eigenvalue weighted by Gasteiger charge is -2.49. The van der Waals surface area contributed by atoms with Crippen molar-refractivity contribution in [1.29, 1.82) is 0 Å². The monoisotopic (exact) mass is 707 g/mol. The van der Waals surface area contributed by atoms with E-state index in [9.17, 15) is 8.78 Å². The van der Waals surface area contributed by atoms with Gasteiger partial charge in [0, 0.05) is 25.2 Å². The fourth-order valence-electron chi connectivity index (χ4n) is 7.64. The quantitative estimate of drug-likeness (QED) is 0.265. The third-order valence-electron chi connectivity index (χ3n) is 10.7. The molecule has 3 saturated heterocycles. The van der Waals surface area contributed by atoms with E-state index in [1.807, 2.05) is 0 Å². The van der Waals surface area contributed by atoms with Gasteiger partial charge in [-0.1, -0.05) is 10.9 Å². The first-order valence-electron chi connectivity index (χ1n) is 17.3. The maximum atomic E-state index is 16.1. The molecule has 10 radical (unpaired) electrons. The number of nitrogens with zero attached hydrogens (tertiary/aromatic N) is 5. The first-order chi connectivity index (χ1) is 24.5. The fraction of sp³-hybridized carbons (Fsp3) is 0.486. The third kappa shape index (κ3) is 7.35. The molecule has 17 heteroatoms. The summed E-state index contributed by atoms with van der Waals surface area (Å²) in [5.74, 6) is -4.20. The number of aromatic nitrogens is 2. The molecule has 0 bridgehead atoms. The van der Waals surface area contributed by atoms with Crippen LogP contribution in [-0.2, 0) is 6.18 Å². The van der Waals surface area contributed by atoms with Crippen molar-refractivity contribution in [3.8, 4) is 11.5 Å². The Morgan fingerprint density at radius 3 is 2.13 bits per heavy atom. The Morgan fingerprint density at radius 2 is 1.52 bits per heavy atom. The first-order valence-corrected chi connectivity index (χ1v) is 17.3. The van der Waals surface area contributed by atoms with Crippen LogP contribution in [0.25, 0.3) is 11.9 Å². The summed E-state index contributed by atoms with van der Waals surface area (Å²) in [5.41, 5.74) is -3.24. The highest BCUT2D eigenvalue weighted by molar-refractivity contribution is 6.67. The van der Waals surface area contributed by atoms with Crippen LogP contribution in [0.15, 0.2) is 24.5 Å². The molecule has 2 aromatic carbocycles. The molecule has 1 aromatic heterocycles. The number of halogens is 6. The van der Waals surface area contributed by atoms with Crippen LogP contribution in [0.5, 0.6) is 11.5 Å². The molecule has 3 aliphatic heterocycles. The Balaban J connectivity index is 1.31. The van der Waals surface area contributed by atoms with Gasteiger partial charge in [0.15, 0.2) is 5.83 Å². The van der Waals surface area contributed by atoms with Crippen LogP contribution in [0.3, 0.4) is 0 Å². The molecule has 4 fully saturated rings. The lowest BCUT2D eigenvalue weighted by molar-refractivity contribution is -0.138. The van der Waals surface area contributed by atoms with E-state index in [1.165, 1.54) is 30.0 Å². The van der Waals surface area contributed by atoms with Crippen molar-refractivity contribution >= 4 is 90.0 Å². The molecule has 4 heterocycles. The van der Waals surface area contributed by atoms with E-state index in [1.54, 1.807) is 4.90 Å². The Morgan fingerprint density at radius 1 is 0.865 bits per heavy atom. The van der Waals surface area contributed by atoms with Gasteiger partial charge >= 0.3 is 6.18 Å². The van der Waals surface area contributed by atoms with Crippen LogP contribution in [0.2, 0.25) is 0 Å². The van der Waals surface area contributed by atoms with Crippen LogP contribution < -0.4 is 41.9 Å². The zero-order valence-corrected chi connectivity index (χ0v) is 28.5. The van der Waals surface area contributed by atoms with E-state index in [-0.39, 0.29) is 62.0 Å². The van der Waals surface area contributed by atoms with Crippen molar-refractivity contribution in [3.63, 3.8) is 0 Å². The topological polar surface area (TPSA) is 44.7 Å². The third-order valence-corrected chi connectivity index (χ3v) is 10.7. The fourth-order valence-corrected chi connectivity index (χ4v) is 7.64. The molecule has 6 nitrogen and oxygen atoms in total. The van der Waals surface area contributed by atoms with Crippen LogP contribution >= 0.6 is 0 Å². The maximum Gasteiger partial charge on any atom is 0.422 e. The molecule has 3 aromatic rings. The second-order valence-corrected chi connectivity index (χ2v) is 14.6. The maximum absolute atomic E-state index is 16.1. The molecule has 0 N–H and O–H groups in total. The second-order valence-electron chi connectivity index (χ2n) is 14.6. The molecule has 1 spiro atoms. The van der Waals surface area contributed by atoms with E-state index < -0.39 is 48.1 Å². The normalized spacial score (nSPS) is 20.6. The molecule has 4 aliphatic rings. The number of alkyl halides is 5. The molecule has 0 amide bonds. The summed E-state index contributed by atoms with van der Waals surface area (Å²) in [5, 5.41) is 0. The molecule has 0 atom stereocenters. The zero-order chi connectivity index (χ0) is 37.2. The highest BCUT2D eigenvalue weighted by Gasteiger charge is 2.46. The van der Waals surface area contributed by atoms with Gasteiger partial charge in [0.2, 0.25) is 0 Å². The van der Waals surface area contributed by atoms with Gasteiger partial charge < -0.3 is 19.4 Å². The molecule has 1 saturated carbocycles. The molecule has 260 valence electrons. The molecular weight excluding hydrogens is 674 g/mol. The summed E-state index contributed by atoms with van der Waals surface area (Å²) in [6, 6.07) is 2.36. The first kappa shape index (κ1) is 36.9. The summed E-state index contributed by atoms with van der Waals surface area (Å²) in [6.07, 6.45) is 3.83. The predicted octanol–water partition coefficient (Wildman–Crippen LogP) is 2.27. The summed E-state index contributed by atoms with van der Waals surface area (Å²) < 4.78 is 95.3. The second kappa shape index (κ2) is 13.7. The van der Waals surface area contributed by atoms with Crippen molar-refractivity contribution in [1.82, 2.24) is 14.9 Å². The van der Waals surface area contributed by atoms with Gasteiger partial charge in [0.05, 0.1) is 31.2 Å². The van der Waals surface area contributed by atoms with Crippen molar-refractivity contribution in [3.05, 3.63) is 41.3 Å². The summed E-state index contributed by atoms with van der Waals surface area (Å²) in [6.45, 7) is 2.13. The smallest absolute Gasteiger partial charge is 0.422 e. The molecule has 0 unspecified atom stereocenters. The summed E-state index contributed by atoms with van der Waals surface area (Å²) in [4.78, 5) is 13.4. The predicted molar refractivity (Wildman–Crippen MR) is 195 cm³/mol. The average molecular weight is 707 g/mol. The highest BCUT2D eigenvalue weighted by Crippen LogP contribution is 2.50. The largest absolute Gasteiger partial charge is 0.458 e. The number of hydrogen-bond donors (Lipinski definition) is 0. The lowest BCUT2D eigenvalue weighted by Crippen LogP contribution is -2.56. The van der Waals surface area contributed by atoms with Gasteiger partial charge in [-0.15, -0.1) is 16.4 Å². The number of anilines is 2. The van der Waals surface area contributed by atoms with Gasteiger partial charge in [0.25, 0.3) is 5.92 Å². The number of likely N-dealkylation sites (tertiary alicyclic amines) is 1. The highest BCUT2D eigenvalue weighted by atomic mass is 19.4. The minimum atomic E-state index is -5.01. The number of piperidine rings is 2. The zero-order valence-electron chi connectivity index (χ0n) is 28.5. The average Bonchev–Trinajstić information content (AvgIpc) is 3.92. The Hall–Kier alpha value is -3.48. The summed E-state index contributed by atoms with van der Waals surface area (Å²) >= 11 is 0. The van der Waals surface area contributed by atoms with E-state index in [0.29, 0.717) is 13.0 Å². The van der Waals surface area contributed by atoms with E-state index in [2.05, 4.69) is 14.9 Å². The molecule has 1 aliphatic carbocycles. The number of benzene rings is 2. The van der Waals surface area contributed by atoms with E-state index >= 15 is 17.6 Å². The van der Waals surface area contributed by atoms with Crippen molar-refractivity contribution in [2.75, 3.05) is 55.6 Å². The Labute approximate surface area is 305 Å².